The van der Waals surface area contributed by atoms with Crippen LogP contribution in [0.15, 0.2) is 27.8 Å². The van der Waals surface area contributed by atoms with Crippen LogP contribution in [0.5, 0.6) is 0 Å². The van der Waals surface area contributed by atoms with Crippen molar-refractivity contribution >= 4 is 28.8 Å². The molecule has 0 aliphatic carbocycles. The molecule has 1 aromatic carbocycles. The van der Waals surface area contributed by atoms with Gasteiger partial charge in [0.05, 0.1) is 11.4 Å². The third kappa shape index (κ3) is 1.61. The largest absolute Gasteiger partial charge is 0.332 e. The number of benzene rings is 1. The van der Waals surface area contributed by atoms with Gasteiger partial charge >= 0.3 is 5.69 Å². The van der Waals surface area contributed by atoms with E-state index in [4.69, 9.17) is 0 Å². The summed E-state index contributed by atoms with van der Waals surface area (Å²) in [5, 5.41) is 0. The van der Waals surface area contributed by atoms with Crippen LogP contribution < -0.4 is 21.0 Å². The first-order valence-corrected chi connectivity index (χ1v) is 7.44. The summed E-state index contributed by atoms with van der Waals surface area (Å²) in [5.74, 6) is 0.270. The van der Waals surface area contributed by atoms with Gasteiger partial charge in [-0.2, -0.15) is 0 Å². The number of carbonyl (C=O) groups is 1. The van der Waals surface area contributed by atoms with Gasteiger partial charge in [-0.15, -0.1) is 0 Å². The molecule has 1 amide bonds. The van der Waals surface area contributed by atoms with Gasteiger partial charge in [0.1, 0.15) is 5.82 Å². The molecule has 7 heteroatoms. The van der Waals surface area contributed by atoms with Crippen molar-refractivity contribution in [2.75, 3.05) is 16.3 Å². The van der Waals surface area contributed by atoms with Crippen molar-refractivity contribution in [3.8, 4) is 0 Å². The predicted molar refractivity (Wildman–Crippen MR) is 86.9 cm³/mol. The van der Waals surface area contributed by atoms with Gasteiger partial charge in [-0.3, -0.25) is 23.6 Å². The van der Waals surface area contributed by atoms with Gasteiger partial charge in [0.2, 0.25) is 5.91 Å². The Labute approximate surface area is 132 Å². The molecule has 2 aliphatic heterocycles. The molecule has 4 rings (SSSR count). The lowest BCUT2D eigenvalue weighted by Crippen LogP contribution is -2.43. The van der Waals surface area contributed by atoms with Crippen LogP contribution in [0, 0.1) is 6.92 Å². The Balaban J connectivity index is 2.17. The second-order valence-corrected chi connectivity index (χ2v) is 5.97. The van der Waals surface area contributed by atoms with E-state index < -0.39 is 5.56 Å². The smallest absolute Gasteiger partial charge is 0.322 e. The fraction of sp³-hybridized carbons (Fsp3) is 0.312. The summed E-state index contributed by atoms with van der Waals surface area (Å²) in [5.41, 5.74) is 2.00. The lowest BCUT2D eigenvalue weighted by molar-refractivity contribution is -0.115. The van der Waals surface area contributed by atoms with Crippen LogP contribution in [0.4, 0.5) is 22.9 Å². The van der Waals surface area contributed by atoms with Crippen molar-refractivity contribution in [3.05, 3.63) is 44.6 Å². The normalized spacial score (nSPS) is 14.7. The van der Waals surface area contributed by atoms with E-state index in [0.717, 1.165) is 15.8 Å². The molecule has 118 valence electrons. The van der Waals surface area contributed by atoms with Crippen LogP contribution in [0.25, 0.3) is 0 Å². The molecule has 1 aromatic heterocycles. The number of rotatable bonds is 0. The average Bonchev–Trinajstić information content (AvgIpc) is 2.94. The van der Waals surface area contributed by atoms with Gasteiger partial charge in [-0.25, -0.2) is 4.79 Å². The Morgan fingerprint density at radius 1 is 1.13 bits per heavy atom. The Morgan fingerprint density at radius 3 is 2.57 bits per heavy atom. The summed E-state index contributed by atoms with van der Waals surface area (Å²) >= 11 is 0. The van der Waals surface area contributed by atoms with Crippen molar-refractivity contribution < 1.29 is 4.79 Å². The number of aromatic nitrogens is 2. The van der Waals surface area contributed by atoms with Crippen LogP contribution >= 0.6 is 0 Å². The maximum atomic E-state index is 12.7. The molecule has 0 bridgehead atoms. The minimum Gasteiger partial charge on any atom is -0.322 e. The molecule has 2 aromatic rings. The Morgan fingerprint density at radius 2 is 1.87 bits per heavy atom. The molecule has 0 N–H and O–H groups in total. The molecule has 0 fully saturated rings. The van der Waals surface area contributed by atoms with E-state index in [1.807, 2.05) is 30.0 Å². The lowest BCUT2D eigenvalue weighted by Gasteiger charge is -2.35. The summed E-state index contributed by atoms with van der Waals surface area (Å²) in [6.45, 7) is 4.47. The second-order valence-electron chi connectivity index (χ2n) is 5.97. The first-order valence-electron chi connectivity index (χ1n) is 7.44. The van der Waals surface area contributed by atoms with Gasteiger partial charge < -0.3 is 4.90 Å². The quantitative estimate of drug-likeness (QED) is 0.728. The first-order chi connectivity index (χ1) is 10.9. The standard InChI is InChI=1S/C16H16N4O3/c1-9-4-5-11-12(8-9)20(10(2)21)13-14-18(11)6-7-19(14)16(23)17(3)15(13)22/h4-5,8H,6-7H2,1-3H3. The van der Waals surface area contributed by atoms with Gasteiger partial charge in [0.25, 0.3) is 5.56 Å². The van der Waals surface area contributed by atoms with E-state index in [0.29, 0.717) is 24.6 Å². The Kier molecular flexibility index (Phi) is 2.61. The Bertz CT molecular complexity index is 986. The van der Waals surface area contributed by atoms with Crippen molar-refractivity contribution in [1.82, 2.24) is 9.13 Å². The fourth-order valence-corrected chi connectivity index (χ4v) is 3.44. The number of aryl methyl sites for hydroxylation is 1. The molecular formula is C16H16N4O3. The number of fused-ring (bicyclic) bond motifs is 2. The molecule has 0 saturated heterocycles. The molecule has 0 radical (unpaired) electrons. The van der Waals surface area contributed by atoms with E-state index >= 15 is 0 Å². The number of anilines is 4. The SMILES string of the molecule is CC(=O)N1c2cc(C)ccc2N2CCn3c2c1c(=O)n(C)c3=O. The highest BCUT2D eigenvalue weighted by Crippen LogP contribution is 2.47. The lowest BCUT2D eigenvalue weighted by atomic mass is 10.1. The Hall–Kier alpha value is -2.83. The van der Waals surface area contributed by atoms with Gasteiger partial charge in [-0.1, -0.05) is 6.07 Å². The van der Waals surface area contributed by atoms with Crippen molar-refractivity contribution in [3.63, 3.8) is 0 Å². The van der Waals surface area contributed by atoms with Crippen LogP contribution in [-0.2, 0) is 18.4 Å². The molecular weight excluding hydrogens is 296 g/mol. The minimum atomic E-state index is -0.449. The average molecular weight is 312 g/mol. The number of nitrogens with zero attached hydrogens (tertiary/aromatic N) is 4. The van der Waals surface area contributed by atoms with E-state index in [1.54, 1.807) is 4.57 Å². The van der Waals surface area contributed by atoms with Crippen molar-refractivity contribution in [2.45, 2.75) is 20.4 Å². The summed E-state index contributed by atoms with van der Waals surface area (Å²) in [6, 6.07) is 5.79. The molecule has 2 aliphatic rings. The zero-order chi connectivity index (χ0) is 16.5. The second kappa shape index (κ2) is 4.34. The number of carbonyl (C=O) groups excluding carboxylic acids is 1. The molecule has 0 spiro atoms. The summed E-state index contributed by atoms with van der Waals surface area (Å²) in [7, 11) is 1.45. The molecule has 0 atom stereocenters. The van der Waals surface area contributed by atoms with E-state index in [2.05, 4.69) is 0 Å². The number of amides is 1. The first kappa shape index (κ1) is 13.8. The summed E-state index contributed by atoms with van der Waals surface area (Å²) < 4.78 is 2.63. The fourth-order valence-electron chi connectivity index (χ4n) is 3.44. The molecule has 3 heterocycles. The minimum absolute atomic E-state index is 0.248. The maximum absolute atomic E-state index is 12.7. The van der Waals surface area contributed by atoms with Crippen molar-refractivity contribution in [2.24, 2.45) is 7.05 Å². The third-order valence-electron chi connectivity index (χ3n) is 4.50. The monoisotopic (exact) mass is 312 g/mol. The van der Waals surface area contributed by atoms with E-state index in [-0.39, 0.29) is 17.3 Å². The number of hydrogen-bond acceptors (Lipinski definition) is 4. The highest BCUT2D eigenvalue weighted by atomic mass is 16.2. The molecule has 7 nitrogen and oxygen atoms in total. The highest BCUT2D eigenvalue weighted by molar-refractivity contribution is 6.08. The van der Waals surface area contributed by atoms with Gasteiger partial charge in [0.15, 0.2) is 5.69 Å². The summed E-state index contributed by atoms with van der Waals surface area (Å²) in [4.78, 5) is 40.7. The molecule has 0 unspecified atom stereocenters. The third-order valence-corrected chi connectivity index (χ3v) is 4.50. The van der Waals surface area contributed by atoms with Crippen LogP contribution in [0.2, 0.25) is 0 Å². The predicted octanol–water partition coefficient (Wildman–Crippen LogP) is 1.01. The topological polar surface area (TPSA) is 67.6 Å². The van der Waals surface area contributed by atoms with Gasteiger partial charge in [0, 0.05) is 27.1 Å². The maximum Gasteiger partial charge on any atom is 0.332 e. The number of hydrogen-bond donors (Lipinski definition) is 0. The zero-order valence-electron chi connectivity index (χ0n) is 13.2. The van der Waals surface area contributed by atoms with Crippen LogP contribution in [0.1, 0.15) is 12.5 Å². The van der Waals surface area contributed by atoms with Gasteiger partial charge in [-0.05, 0) is 24.6 Å². The van der Waals surface area contributed by atoms with Crippen LogP contribution in [-0.4, -0.2) is 21.6 Å². The molecule has 0 saturated carbocycles. The molecule has 23 heavy (non-hydrogen) atoms. The highest BCUT2D eigenvalue weighted by Gasteiger charge is 2.39. The zero-order valence-corrected chi connectivity index (χ0v) is 13.2. The van der Waals surface area contributed by atoms with Crippen LogP contribution in [0.3, 0.4) is 0 Å². The van der Waals surface area contributed by atoms with E-state index in [9.17, 15) is 14.4 Å². The summed E-state index contributed by atoms with van der Waals surface area (Å²) in [6.07, 6.45) is 0. The van der Waals surface area contributed by atoms with E-state index in [1.165, 1.54) is 18.9 Å². The van der Waals surface area contributed by atoms with Crippen molar-refractivity contribution in [1.29, 1.82) is 0 Å².